The highest BCUT2D eigenvalue weighted by atomic mass is 35.5. The first-order valence-corrected chi connectivity index (χ1v) is 42.7. The highest BCUT2D eigenvalue weighted by Crippen LogP contribution is 2.61. The molecule has 0 unspecified atom stereocenters. The van der Waals surface area contributed by atoms with E-state index in [1.807, 2.05) is 75.4 Å². The van der Waals surface area contributed by atoms with E-state index in [4.69, 9.17) is 78.9 Å². The van der Waals surface area contributed by atoms with Gasteiger partial charge >= 0.3 is 0 Å². The lowest BCUT2D eigenvalue weighted by Gasteiger charge is -2.54. The Morgan fingerprint density at radius 2 is 0.779 bits per heavy atom. The molecule has 0 amide bonds. The number of aliphatic hydroxyl groups is 1. The Kier molecular flexibility index (Phi) is 23.3. The van der Waals surface area contributed by atoms with Crippen LogP contribution in [0.4, 0.5) is 0 Å². The van der Waals surface area contributed by atoms with Crippen LogP contribution in [0.2, 0.25) is 5.15 Å². The standard InChI is InChI=1S/C19H28N2O3.C18H23N3O2.C18H24N2O3.C17H23ClN2O2.C17H24N2O2/c1-5-22-17-14-6-7-15-12(2)19(23-10-11-24-19)9-8-18(15,4)16(14)20-13(3)21-17;1-5-22-17-13-6-7-14-10(2)15-12(9-19-23-15)8-18(14,4)16(13)20-11(3)21-17;1-5-23-17-13-6-7-14-10(2)15(22)12(9-21)8-18(14,4)16(13)19-11(3)20-17;1-10-13-5-4-12-14(19-11(2)20-15(12)18)16(13,3)6-7-17(10)21-8-9-22-17;1-5-21-16-12-6-7-13-10(2)14(20)8-9-17(13,4)15(12)18-11(3)19-16/h12,15H,5-11H2,1-4H3;9-10,14H,5-8H2,1-4H3;9-10,14,21H,5-8H2,1-4H3;10,13H,4-9H2,1-3H3;10,13H,5-9H2,1-4H3/b;;12-9-;;/t12-,15-,18-;2*10-,14-,18-;10-,13-,16-;10-,13-,17-/m00000/s1. The predicted molar refractivity (Wildman–Crippen MR) is 427 cm³/mol. The quantitative estimate of drug-likeness (QED) is 0.0841. The molecule has 1 N–H and O–H groups in total. The predicted octanol–water partition coefficient (Wildman–Crippen LogP) is 16.0. The molecule has 15 atom stereocenters. The molecule has 8 heterocycles. The zero-order valence-corrected chi connectivity index (χ0v) is 71.3. The fourth-order valence-corrected chi connectivity index (χ4v) is 23.9. The third-order valence-electron chi connectivity index (χ3n) is 29.3. The van der Waals surface area contributed by atoms with E-state index in [1.54, 1.807) is 0 Å². The monoisotopic (exact) mass is 1570 g/mol. The van der Waals surface area contributed by atoms with Crippen LogP contribution >= 0.6 is 11.6 Å². The molecule has 612 valence electrons. The molecule has 23 nitrogen and oxygen atoms in total. The molecule has 24 heteroatoms. The number of rotatable bonds is 8. The van der Waals surface area contributed by atoms with E-state index in [1.165, 1.54) is 39.3 Å². The van der Waals surface area contributed by atoms with Gasteiger partial charge in [0.25, 0.3) is 0 Å². The van der Waals surface area contributed by atoms with Crippen molar-refractivity contribution in [1.29, 1.82) is 0 Å². The summed E-state index contributed by atoms with van der Waals surface area (Å²) in [4.78, 5) is 70.9. The number of hydrogen-bond acceptors (Lipinski definition) is 23. The highest BCUT2D eigenvalue weighted by Gasteiger charge is 2.61. The van der Waals surface area contributed by atoms with Crippen LogP contribution in [0.3, 0.4) is 0 Å². The molecule has 2 spiro atoms. The number of fused-ring (bicyclic) bond motifs is 16. The first-order valence-electron chi connectivity index (χ1n) is 42.4. The molecule has 4 saturated carbocycles. The van der Waals surface area contributed by atoms with E-state index < -0.39 is 0 Å². The number of halogens is 1. The first-order chi connectivity index (χ1) is 53.9. The second-order valence-corrected chi connectivity index (χ2v) is 35.9. The molecule has 2 saturated heterocycles. The van der Waals surface area contributed by atoms with Gasteiger partial charge in [0.05, 0.1) is 93.8 Å². The number of nitrogens with zero attached hydrogens (tertiary/aromatic N) is 11. The molecule has 6 aromatic heterocycles. The summed E-state index contributed by atoms with van der Waals surface area (Å²) in [5, 5.41) is 14.2. The Labute approximate surface area is 673 Å². The number of carbonyl (C=O) groups excluding carboxylic acids is 2. The molecule has 2 aliphatic heterocycles. The van der Waals surface area contributed by atoms with E-state index in [9.17, 15) is 14.7 Å². The van der Waals surface area contributed by atoms with Crippen LogP contribution in [0, 0.1) is 87.9 Å². The van der Waals surface area contributed by atoms with Crippen LogP contribution in [0.5, 0.6) is 23.5 Å². The van der Waals surface area contributed by atoms with Crippen molar-refractivity contribution in [3.8, 4) is 23.5 Å². The molecule has 18 rings (SSSR count). The number of allylic oxidation sites excluding steroid dienone is 1. The van der Waals surface area contributed by atoms with Crippen LogP contribution in [-0.4, -0.2) is 136 Å². The maximum absolute atomic E-state index is 12.4. The van der Waals surface area contributed by atoms with Crippen molar-refractivity contribution < 1.29 is 57.1 Å². The van der Waals surface area contributed by atoms with Crippen LogP contribution < -0.4 is 18.9 Å². The number of Topliss-reactive ketones (excluding diaryl/α,β-unsaturated/α-hetero) is 2. The molecular weight excluding hydrogens is 1450 g/mol. The summed E-state index contributed by atoms with van der Waals surface area (Å²) < 4.78 is 52.9. The maximum Gasteiger partial charge on any atom is 0.220 e. The van der Waals surface area contributed by atoms with Gasteiger partial charge < -0.3 is 47.5 Å². The SMILES string of the molecule is CCOc1nc(C)nc2c1CC[C@H]1[C@H](C)C(=O)/C(=C\O)C[C@]21C.CCOc1nc(C)nc2c1CC[C@H]1[C@H](C)C(=O)CC[C@]21C.CCOc1nc(C)nc2c1CC[C@H]1[C@H](C)C3(CC[C@]21C)OCCO3.CCOc1nc(C)nc2c1CC[C@H]1[C@H](C)c3oncc3C[C@]21C.Cc1nc(Cl)c2c(n1)[C@@]1(C)CCC3(OCCO3)[C@@H](C)[C@@H]1CC2. The molecule has 0 aromatic carbocycles. The first kappa shape index (κ1) is 82.4. The topological polar surface area (TPSA) is 283 Å². The summed E-state index contributed by atoms with van der Waals surface area (Å²) in [5.41, 5.74) is 13.0. The van der Waals surface area contributed by atoms with E-state index in [0.717, 1.165) is 205 Å². The minimum absolute atomic E-state index is 0.00882. The number of carbonyl (C=O) groups is 2. The van der Waals surface area contributed by atoms with Gasteiger partial charge in [0, 0.05) is 115 Å². The van der Waals surface area contributed by atoms with Crippen LogP contribution in [-0.2, 0) is 94.1 Å². The van der Waals surface area contributed by atoms with Gasteiger partial charge in [-0.3, -0.25) is 9.59 Å². The lowest BCUT2D eigenvalue weighted by molar-refractivity contribution is -0.235. The smallest absolute Gasteiger partial charge is 0.220 e. The summed E-state index contributed by atoms with van der Waals surface area (Å²) in [6.07, 6.45) is 19.7. The van der Waals surface area contributed by atoms with E-state index in [0.29, 0.717) is 109 Å². The highest BCUT2D eigenvalue weighted by molar-refractivity contribution is 6.30. The van der Waals surface area contributed by atoms with Crippen molar-refractivity contribution in [2.75, 3.05) is 52.9 Å². The van der Waals surface area contributed by atoms with Gasteiger partial charge in [-0.1, -0.05) is 86.0 Å². The van der Waals surface area contributed by atoms with E-state index in [-0.39, 0.29) is 62.2 Å². The molecule has 113 heavy (non-hydrogen) atoms. The molecular formula is C89H122ClN11O12. The minimum Gasteiger partial charge on any atom is -0.515 e. The Hall–Kier alpha value is -7.18. The second kappa shape index (κ2) is 32.0. The zero-order valence-electron chi connectivity index (χ0n) is 70.5. The maximum atomic E-state index is 12.4. The van der Waals surface area contributed by atoms with Gasteiger partial charge in [-0.2, -0.15) is 19.9 Å². The molecule has 6 aromatic rings. The van der Waals surface area contributed by atoms with Crippen molar-refractivity contribution in [2.45, 2.75) is 292 Å². The summed E-state index contributed by atoms with van der Waals surface area (Å²) >= 11 is 6.40. The molecule has 0 bridgehead atoms. The lowest BCUT2D eigenvalue weighted by Crippen LogP contribution is -2.55. The van der Waals surface area contributed by atoms with Gasteiger partial charge in [-0.05, 0) is 188 Å². The van der Waals surface area contributed by atoms with Crippen molar-refractivity contribution in [1.82, 2.24) is 55.0 Å². The van der Waals surface area contributed by atoms with Gasteiger partial charge in [0.1, 0.15) is 45.8 Å². The van der Waals surface area contributed by atoms with E-state index >= 15 is 0 Å². The van der Waals surface area contributed by atoms with Crippen LogP contribution in [0.1, 0.15) is 277 Å². The second-order valence-electron chi connectivity index (χ2n) is 35.6. The molecule has 0 radical (unpaired) electrons. The van der Waals surface area contributed by atoms with E-state index in [2.05, 4.69) is 92.4 Å². The average molecular weight is 1570 g/mol. The minimum atomic E-state index is -0.369. The largest absolute Gasteiger partial charge is 0.515 e. The lowest BCUT2D eigenvalue weighted by atomic mass is 9.55. The third-order valence-corrected chi connectivity index (χ3v) is 29.6. The third kappa shape index (κ3) is 14.4. The summed E-state index contributed by atoms with van der Waals surface area (Å²) in [5.74, 6) is 10.9. The number of hydrogen-bond donors (Lipinski definition) is 1. The Morgan fingerprint density at radius 3 is 1.19 bits per heavy atom. The van der Waals surface area contributed by atoms with Crippen molar-refractivity contribution in [3.63, 3.8) is 0 Å². The van der Waals surface area contributed by atoms with Gasteiger partial charge in [-0.25, -0.2) is 29.9 Å². The van der Waals surface area contributed by atoms with Crippen molar-refractivity contribution in [3.05, 3.63) is 120 Å². The van der Waals surface area contributed by atoms with Crippen LogP contribution in [0.25, 0.3) is 0 Å². The Balaban J connectivity index is 0.000000117. The Morgan fingerprint density at radius 1 is 0.434 bits per heavy atom. The number of aryl methyl sites for hydroxylation is 5. The number of ketones is 2. The average Bonchev–Trinajstić information content (AvgIpc) is 1.65. The van der Waals surface area contributed by atoms with Crippen LogP contribution in [0.15, 0.2) is 22.6 Å². The number of ether oxygens (including phenoxy) is 8. The fraction of sp³-hybridized carbons (Fsp3) is 0.697. The molecule has 6 fully saturated rings. The summed E-state index contributed by atoms with van der Waals surface area (Å²) in [7, 11) is 0. The summed E-state index contributed by atoms with van der Waals surface area (Å²) in [6.45, 7) is 45.3. The van der Waals surface area contributed by atoms with Crippen molar-refractivity contribution >= 4 is 23.2 Å². The number of aliphatic hydroxyl groups excluding tert-OH is 1. The normalized spacial score (nSPS) is 32.4. The molecule has 12 aliphatic rings. The Bertz CT molecular complexity index is 4600. The van der Waals surface area contributed by atoms with Crippen molar-refractivity contribution in [2.24, 2.45) is 53.3 Å². The van der Waals surface area contributed by atoms with Gasteiger partial charge in [0.2, 0.25) is 23.5 Å². The summed E-state index contributed by atoms with van der Waals surface area (Å²) in [6, 6.07) is 0. The fourth-order valence-electron chi connectivity index (χ4n) is 23.6. The van der Waals surface area contributed by atoms with Gasteiger partial charge in [-0.15, -0.1) is 0 Å². The zero-order chi connectivity index (χ0) is 80.6. The molecule has 10 aliphatic carbocycles. The number of aromatic nitrogens is 11. The van der Waals surface area contributed by atoms with Gasteiger partial charge in [0.15, 0.2) is 17.4 Å².